The van der Waals surface area contributed by atoms with Crippen LogP contribution in [0.2, 0.25) is 0 Å². The second-order valence-electron chi connectivity index (χ2n) is 8.13. The van der Waals surface area contributed by atoms with E-state index >= 15 is 0 Å². The SMILES string of the molecule is CCCc1nc2ccc(Br)cc2c(=O)n1N=Cc1ccc(N(C)C)cc1Oc1ccc([N+](=O)[O-])cn1. The molecule has 0 atom stereocenters. The molecule has 0 saturated heterocycles. The summed E-state index contributed by atoms with van der Waals surface area (Å²) in [6.45, 7) is 2.01. The number of hydrogen-bond donors (Lipinski definition) is 0. The van der Waals surface area contributed by atoms with Crippen molar-refractivity contribution in [2.24, 2.45) is 5.10 Å². The topological polar surface area (TPSA) is 116 Å². The van der Waals surface area contributed by atoms with Crippen molar-refractivity contribution >= 4 is 44.4 Å². The van der Waals surface area contributed by atoms with E-state index in [4.69, 9.17) is 4.74 Å². The van der Waals surface area contributed by atoms with Crippen LogP contribution in [0.4, 0.5) is 11.4 Å². The third-order valence-electron chi connectivity index (χ3n) is 5.32. The van der Waals surface area contributed by atoms with Gasteiger partial charge in [0, 0.05) is 54.4 Å². The van der Waals surface area contributed by atoms with Gasteiger partial charge in [0.2, 0.25) is 5.88 Å². The summed E-state index contributed by atoms with van der Waals surface area (Å²) in [4.78, 5) is 34.3. The first kappa shape index (κ1) is 25.0. The van der Waals surface area contributed by atoms with E-state index in [1.807, 2.05) is 44.1 Å². The minimum absolute atomic E-state index is 0.135. The fourth-order valence-electron chi connectivity index (χ4n) is 3.47. The number of aryl methyl sites for hydroxylation is 1. The second kappa shape index (κ2) is 10.6. The third-order valence-corrected chi connectivity index (χ3v) is 5.81. The molecule has 0 radical (unpaired) electrons. The van der Waals surface area contributed by atoms with Gasteiger partial charge < -0.3 is 9.64 Å². The molecule has 184 valence electrons. The highest BCUT2D eigenvalue weighted by atomic mass is 79.9. The largest absolute Gasteiger partial charge is 0.438 e. The van der Waals surface area contributed by atoms with E-state index in [9.17, 15) is 14.9 Å². The highest BCUT2D eigenvalue weighted by molar-refractivity contribution is 9.10. The zero-order valence-corrected chi connectivity index (χ0v) is 21.5. The standard InChI is InChI=1S/C25H23BrN6O4/c1-4-5-23-29-21-10-7-17(26)12-20(21)25(33)31(23)28-14-16-6-8-18(30(2)3)13-22(16)36-24-11-9-19(15-27-24)32(34)35/h6-15H,4-5H2,1-3H3. The summed E-state index contributed by atoms with van der Waals surface area (Å²) in [5, 5.41) is 15.9. The van der Waals surface area contributed by atoms with Gasteiger partial charge in [-0.1, -0.05) is 22.9 Å². The van der Waals surface area contributed by atoms with Crippen LogP contribution < -0.4 is 15.2 Å². The second-order valence-corrected chi connectivity index (χ2v) is 9.05. The number of anilines is 1. The maximum Gasteiger partial charge on any atom is 0.287 e. The summed E-state index contributed by atoms with van der Waals surface area (Å²) in [7, 11) is 3.79. The molecule has 0 unspecified atom stereocenters. The highest BCUT2D eigenvalue weighted by Crippen LogP contribution is 2.28. The Hall–Kier alpha value is -4.12. The van der Waals surface area contributed by atoms with E-state index in [1.54, 1.807) is 18.2 Å². The van der Waals surface area contributed by atoms with Crippen LogP contribution in [0.5, 0.6) is 11.6 Å². The number of aromatic nitrogens is 3. The van der Waals surface area contributed by atoms with Crippen molar-refractivity contribution < 1.29 is 9.66 Å². The molecule has 4 rings (SSSR count). The van der Waals surface area contributed by atoms with Crippen LogP contribution in [-0.2, 0) is 6.42 Å². The molecule has 0 aliphatic heterocycles. The molecule has 0 spiro atoms. The molecule has 11 heteroatoms. The van der Waals surface area contributed by atoms with Crippen LogP contribution in [0.3, 0.4) is 0 Å². The highest BCUT2D eigenvalue weighted by Gasteiger charge is 2.13. The number of benzene rings is 2. The van der Waals surface area contributed by atoms with Crippen molar-refractivity contribution in [1.82, 2.24) is 14.6 Å². The number of nitrogens with zero attached hydrogens (tertiary/aromatic N) is 6. The number of rotatable bonds is 8. The van der Waals surface area contributed by atoms with Gasteiger partial charge in [-0.3, -0.25) is 14.9 Å². The Morgan fingerprint density at radius 3 is 2.67 bits per heavy atom. The van der Waals surface area contributed by atoms with E-state index in [0.29, 0.717) is 34.5 Å². The maximum absolute atomic E-state index is 13.3. The Morgan fingerprint density at radius 1 is 1.19 bits per heavy atom. The average molecular weight is 551 g/mol. The van der Waals surface area contributed by atoms with Crippen molar-refractivity contribution in [3.05, 3.63) is 91.1 Å². The van der Waals surface area contributed by atoms with Crippen molar-refractivity contribution in [2.75, 3.05) is 19.0 Å². The van der Waals surface area contributed by atoms with Gasteiger partial charge in [0.25, 0.3) is 11.2 Å². The molecule has 36 heavy (non-hydrogen) atoms. The minimum Gasteiger partial charge on any atom is -0.438 e. The van der Waals surface area contributed by atoms with Gasteiger partial charge in [0.15, 0.2) is 0 Å². The first-order valence-corrected chi connectivity index (χ1v) is 11.9. The Balaban J connectivity index is 1.77. The molecule has 10 nitrogen and oxygen atoms in total. The van der Waals surface area contributed by atoms with Gasteiger partial charge in [-0.25, -0.2) is 9.97 Å². The van der Waals surface area contributed by atoms with Gasteiger partial charge >= 0.3 is 0 Å². The quantitative estimate of drug-likeness (QED) is 0.169. The molecule has 0 amide bonds. The smallest absolute Gasteiger partial charge is 0.287 e. The molecule has 2 aromatic carbocycles. The molecule has 2 aromatic heterocycles. The molecule has 4 aromatic rings. The van der Waals surface area contributed by atoms with E-state index in [-0.39, 0.29) is 17.1 Å². The maximum atomic E-state index is 13.3. The summed E-state index contributed by atoms with van der Waals surface area (Å²) < 4.78 is 8.04. The first-order valence-electron chi connectivity index (χ1n) is 11.1. The monoisotopic (exact) mass is 550 g/mol. The normalized spacial score (nSPS) is 11.2. The molecular weight excluding hydrogens is 528 g/mol. The van der Waals surface area contributed by atoms with Gasteiger partial charge in [-0.2, -0.15) is 9.78 Å². The van der Waals surface area contributed by atoms with Crippen LogP contribution in [0.25, 0.3) is 10.9 Å². The number of pyridine rings is 1. The number of fused-ring (bicyclic) bond motifs is 1. The number of hydrogen-bond acceptors (Lipinski definition) is 8. The van der Waals surface area contributed by atoms with Gasteiger partial charge in [-0.05, 0) is 36.8 Å². The molecule has 0 aliphatic rings. The molecular formula is C25H23BrN6O4. The van der Waals surface area contributed by atoms with Crippen molar-refractivity contribution in [2.45, 2.75) is 19.8 Å². The van der Waals surface area contributed by atoms with Crippen LogP contribution in [0.15, 0.2) is 69.1 Å². The minimum atomic E-state index is -0.525. The van der Waals surface area contributed by atoms with Crippen LogP contribution in [0.1, 0.15) is 24.7 Å². The zero-order chi connectivity index (χ0) is 25.8. The zero-order valence-electron chi connectivity index (χ0n) is 19.9. The number of nitro groups is 1. The molecule has 0 fully saturated rings. The third kappa shape index (κ3) is 5.41. The molecule has 0 N–H and O–H groups in total. The van der Waals surface area contributed by atoms with Crippen molar-refractivity contribution in [3.8, 4) is 11.6 Å². The Morgan fingerprint density at radius 2 is 2.00 bits per heavy atom. The predicted octanol–water partition coefficient (Wildman–Crippen LogP) is 5.16. The van der Waals surface area contributed by atoms with Crippen molar-refractivity contribution in [1.29, 1.82) is 0 Å². The number of halogens is 1. The van der Waals surface area contributed by atoms with E-state index in [0.717, 1.165) is 22.8 Å². The lowest BCUT2D eigenvalue weighted by Gasteiger charge is -2.15. The van der Waals surface area contributed by atoms with Gasteiger partial charge in [0.05, 0.1) is 22.0 Å². The Bertz CT molecular complexity index is 1520. The number of ether oxygens (including phenoxy) is 1. The van der Waals surface area contributed by atoms with Gasteiger partial charge in [0.1, 0.15) is 17.8 Å². The van der Waals surface area contributed by atoms with Crippen LogP contribution in [-0.4, -0.2) is 39.9 Å². The van der Waals surface area contributed by atoms with E-state index < -0.39 is 4.92 Å². The van der Waals surface area contributed by atoms with Gasteiger partial charge in [-0.15, -0.1) is 0 Å². The summed E-state index contributed by atoms with van der Waals surface area (Å²) in [5.74, 6) is 1.16. The average Bonchev–Trinajstić information content (AvgIpc) is 2.85. The van der Waals surface area contributed by atoms with E-state index in [1.165, 1.54) is 23.0 Å². The summed E-state index contributed by atoms with van der Waals surface area (Å²) >= 11 is 3.41. The van der Waals surface area contributed by atoms with Crippen LogP contribution in [0, 0.1) is 10.1 Å². The Labute approximate surface area is 215 Å². The summed E-state index contributed by atoms with van der Waals surface area (Å²) in [6.07, 6.45) is 4.04. The summed E-state index contributed by atoms with van der Waals surface area (Å²) in [5.41, 5.74) is 1.66. The molecule has 0 aliphatic carbocycles. The predicted molar refractivity (Wildman–Crippen MR) is 142 cm³/mol. The lowest BCUT2D eigenvalue weighted by atomic mass is 10.2. The molecule has 2 heterocycles. The summed E-state index contributed by atoms with van der Waals surface area (Å²) in [6, 6.07) is 13.6. The van der Waals surface area contributed by atoms with Crippen LogP contribution >= 0.6 is 15.9 Å². The Kier molecular flexibility index (Phi) is 7.39. The molecule has 0 saturated carbocycles. The fourth-order valence-corrected chi connectivity index (χ4v) is 3.83. The molecule has 0 bridgehead atoms. The lowest BCUT2D eigenvalue weighted by Crippen LogP contribution is -2.22. The fraction of sp³-hybridized carbons (Fsp3) is 0.200. The van der Waals surface area contributed by atoms with E-state index in [2.05, 4.69) is 31.0 Å². The lowest BCUT2D eigenvalue weighted by molar-refractivity contribution is -0.385. The van der Waals surface area contributed by atoms with Crippen molar-refractivity contribution in [3.63, 3.8) is 0 Å². The first-order chi connectivity index (χ1) is 17.3.